The highest BCUT2D eigenvalue weighted by molar-refractivity contribution is 5.71. The first-order chi connectivity index (χ1) is 24.4. The molecule has 0 aromatic heterocycles. The van der Waals surface area contributed by atoms with Crippen molar-refractivity contribution in [1.29, 1.82) is 0 Å². The second-order valence-corrected chi connectivity index (χ2v) is 15.2. The number of esters is 3. The van der Waals surface area contributed by atoms with Crippen molar-refractivity contribution in [3.8, 4) is 0 Å². The van der Waals surface area contributed by atoms with Crippen LogP contribution in [-0.4, -0.2) is 37.2 Å². The normalized spacial score (nSPS) is 12.5. The van der Waals surface area contributed by atoms with E-state index in [1.807, 2.05) is 0 Å². The third kappa shape index (κ3) is 36.2. The van der Waals surface area contributed by atoms with Crippen LogP contribution in [0, 0.1) is 5.92 Å². The first-order valence-electron chi connectivity index (χ1n) is 21.9. The molecule has 0 aliphatic carbocycles. The van der Waals surface area contributed by atoms with Gasteiger partial charge in [0.15, 0.2) is 6.10 Å². The Morgan fingerprint density at radius 3 is 1.04 bits per heavy atom. The lowest BCUT2D eigenvalue weighted by Gasteiger charge is -2.18. The van der Waals surface area contributed by atoms with E-state index in [-0.39, 0.29) is 31.1 Å². The minimum atomic E-state index is -0.758. The maximum atomic E-state index is 12.7. The zero-order chi connectivity index (χ0) is 36.8. The standard InChI is InChI=1S/C44H84O6/c1-5-8-10-12-14-15-16-17-18-19-24-28-32-36-43(46)49-39-41(38-48-42(45)35-31-27-22-13-11-9-6-2)50-44(47)37-33-29-25-21-20-23-26-30-34-40(4)7-3/h40-41H,5-39H2,1-4H3/t40?,41-/m1/s1. The van der Waals surface area contributed by atoms with Crippen LogP contribution in [0.1, 0.15) is 240 Å². The van der Waals surface area contributed by atoms with Gasteiger partial charge in [-0.3, -0.25) is 14.4 Å². The van der Waals surface area contributed by atoms with E-state index in [1.54, 1.807) is 0 Å². The monoisotopic (exact) mass is 709 g/mol. The van der Waals surface area contributed by atoms with E-state index in [2.05, 4.69) is 27.7 Å². The zero-order valence-corrected chi connectivity index (χ0v) is 33.9. The Labute approximate surface area is 310 Å². The molecule has 0 bridgehead atoms. The number of hydrogen-bond acceptors (Lipinski definition) is 6. The molecule has 0 rings (SSSR count). The van der Waals surface area contributed by atoms with Crippen molar-refractivity contribution < 1.29 is 28.6 Å². The summed E-state index contributed by atoms with van der Waals surface area (Å²) in [5, 5.41) is 0. The maximum absolute atomic E-state index is 12.7. The summed E-state index contributed by atoms with van der Waals surface area (Å²) in [6.07, 6.45) is 36.6. The molecule has 0 saturated heterocycles. The van der Waals surface area contributed by atoms with Crippen LogP contribution in [0.25, 0.3) is 0 Å². The van der Waals surface area contributed by atoms with Gasteiger partial charge in [0.05, 0.1) is 0 Å². The molecule has 0 aliphatic rings. The molecule has 0 aromatic rings. The Kier molecular flexibility index (Phi) is 37.4. The van der Waals surface area contributed by atoms with Gasteiger partial charge < -0.3 is 14.2 Å². The van der Waals surface area contributed by atoms with Crippen molar-refractivity contribution in [2.75, 3.05) is 13.2 Å². The van der Waals surface area contributed by atoms with Crippen molar-refractivity contribution in [2.24, 2.45) is 5.92 Å². The first kappa shape index (κ1) is 48.4. The SMILES string of the molecule is CCCCCCCCCCCCCCCC(=O)OC[C@@H](COC(=O)CCCCCCCCC)OC(=O)CCCCCCCCCCC(C)CC. The maximum Gasteiger partial charge on any atom is 0.306 e. The van der Waals surface area contributed by atoms with E-state index in [4.69, 9.17) is 14.2 Å². The summed E-state index contributed by atoms with van der Waals surface area (Å²) in [6, 6.07) is 0. The number of unbranched alkanes of at least 4 members (excludes halogenated alkanes) is 25. The molecule has 0 radical (unpaired) electrons. The molecule has 1 unspecified atom stereocenters. The summed E-state index contributed by atoms with van der Waals surface area (Å²) in [5.41, 5.74) is 0. The van der Waals surface area contributed by atoms with E-state index >= 15 is 0 Å². The molecule has 0 amide bonds. The molecule has 0 aliphatic heterocycles. The molecule has 0 saturated carbocycles. The van der Waals surface area contributed by atoms with Crippen LogP contribution in [0.2, 0.25) is 0 Å². The Balaban J connectivity index is 4.29. The average Bonchev–Trinajstić information content (AvgIpc) is 3.11. The fourth-order valence-electron chi connectivity index (χ4n) is 6.42. The van der Waals surface area contributed by atoms with Crippen LogP contribution in [0.4, 0.5) is 0 Å². The minimum Gasteiger partial charge on any atom is -0.462 e. The molecule has 0 aromatic carbocycles. The second-order valence-electron chi connectivity index (χ2n) is 15.2. The van der Waals surface area contributed by atoms with Gasteiger partial charge in [0.25, 0.3) is 0 Å². The number of carbonyl (C=O) groups is 3. The van der Waals surface area contributed by atoms with Crippen LogP contribution >= 0.6 is 0 Å². The lowest BCUT2D eigenvalue weighted by atomic mass is 9.99. The fourth-order valence-corrected chi connectivity index (χ4v) is 6.42. The van der Waals surface area contributed by atoms with Gasteiger partial charge >= 0.3 is 17.9 Å². The molecule has 2 atom stereocenters. The quantitative estimate of drug-likeness (QED) is 0.0359. The smallest absolute Gasteiger partial charge is 0.306 e. The van der Waals surface area contributed by atoms with E-state index < -0.39 is 6.10 Å². The van der Waals surface area contributed by atoms with Crippen molar-refractivity contribution >= 4 is 17.9 Å². The van der Waals surface area contributed by atoms with Gasteiger partial charge in [-0.25, -0.2) is 0 Å². The summed E-state index contributed by atoms with van der Waals surface area (Å²) in [5.74, 6) is -0.0193. The van der Waals surface area contributed by atoms with Crippen LogP contribution in [0.5, 0.6) is 0 Å². The van der Waals surface area contributed by atoms with E-state index in [9.17, 15) is 14.4 Å². The summed E-state index contributed by atoms with van der Waals surface area (Å²) in [4.78, 5) is 37.5. The molecule has 50 heavy (non-hydrogen) atoms. The highest BCUT2D eigenvalue weighted by Gasteiger charge is 2.19. The van der Waals surface area contributed by atoms with Gasteiger partial charge in [0, 0.05) is 19.3 Å². The molecule has 6 nitrogen and oxygen atoms in total. The third-order valence-electron chi connectivity index (χ3n) is 10.2. The average molecular weight is 709 g/mol. The van der Waals surface area contributed by atoms with E-state index in [0.717, 1.165) is 63.7 Å². The first-order valence-corrected chi connectivity index (χ1v) is 21.9. The molecule has 6 heteroatoms. The molecular weight excluding hydrogens is 624 g/mol. The van der Waals surface area contributed by atoms with Crippen LogP contribution < -0.4 is 0 Å². The number of ether oxygens (including phenoxy) is 3. The van der Waals surface area contributed by atoms with E-state index in [0.29, 0.717) is 19.3 Å². The topological polar surface area (TPSA) is 78.9 Å². The zero-order valence-electron chi connectivity index (χ0n) is 33.9. The fraction of sp³-hybridized carbons (Fsp3) is 0.932. The van der Waals surface area contributed by atoms with Crippen LogP contribution in [-0.2, 0) is 28.6 Å². The van der Waals surface area contributed by atoms with Gasteiger partial charge in [0.1, 0.15) is 13.2 Å². The van der Waals surface area contributed by atoms with Gasteiger partial charge in [-0.05, 0) is 25.2 Å². The van der Waals surface area contributed by atoms with Gasteiger partial charge in [-0.1, -0.05) is 201 Å². The highest BCUT2D eigenvalue weighted by Crippen LogP contribution is 2.16. The largest absolute Gasteiger partial charge is 0.462 e. The van der Waals surface area contributed by atoms with Crippen molar-refractivity contribution in [2.45, 2.75) is 246 Å². The minimum absolute atomic E-state index is 0.0647. The Bertz CT molecular complexity index is 753. The lowest BCUT2D eigenvalue weighted by Crippen LogP contribution is -2.30. The molecule has 0 fully saturated rings. The molecule has 0 N–H and O–H groups in total. The van der Waals surface area contributed by atoms with Crippen molar-refractivity contribution in [3.05, 3.63) is 0 Å². The van der Waals surface area contributed by atoms with E-state index in [1.165, 1.54) is 135 Å². The highest BCUT2D eigenvalue weighted by atomic mass is 16.6. The summed E-state index contributed by atoms with van der Waals surface area (Å²) in [6.45, 7) is 8.95. The van der Waals surface area contributed by atoms with Gasteiger partial charge in [0.2, 0.25) is 0 Å². The summed E-state index contributed by atoms with van der Waals surface area (Å²) in [7, 11) is 0. The predicted octanol–water partition coefficient (Wildman–Crippen LogP) is 13.6. The van der Waals surface area contributed by atoms with Gasteiger partial charge in [-0.15, -0.1) is 0 Å². The Morgan fingerprint density at radius 1 is 0.400 bits per heavy atom. The third-order valence-corrected chi connectivity index (χ3v) is 10.2. The predicted molar refractivity (Wildman–Crippen MR) is 210 cm³/mol. The number of rotatable bonds is 39. The van der Waals surface area contributed by atoms with Gasteiger partial charge in [-0.2, -0.15) is 0 Å². The summed E-state index contributed by atoms with van der Waals surface area (Å²) >= 11 is 0. The number of carbonyl (C=O) groups excluding carboxylic acids is 3. The Morgan fingerprint density at radius 2 is 0.700 bits per heavy atom. The van der Waals surface area contributed by atoms with Crippen LogP contribution in [0.3, 0.4) is 0 Å². The molecule has 296 valence electrons. The van der Waals surface area contributed by atoms with Crippen molar-refractivity contribution in [3.63, 3.8) is 0 Å². The second kappa shape index (κ2) is 38.6. The molecule has 0 spiro atoms. The van der Waals surface area contributed by atoms with Crippen molar-refractivity contribution in [1.82, 2.24) is 0 Å². The molecule has 0 heterocycles. The summed E-state index contributed by atoms with van der Waals surface area (Å²) < 4.78 is 16.6. The lowest BCUT2D eigenvalue weighted by molar-refractivity contribution is -0.167. The Hall–Kier alpha value is -1.59. The number of hydrogen-bond donors (Lipinski definition) is 0. The van der Waals surface area contributed by atoms with Crippen LogP contribution in [0.15, 0.2) is 0 Å². The molecular formula is C44H84O6.